The first-order chi connectivity index (χ1) is 13.7. The zero-order chi connectivity index (χ0) is 19.3. The number of benzene rings is 2. The molecule has 3 heterocycles. The maximum absolute atomic E-state index is 10.2. The van der Waals surface area contributed by atoms with Crippen LogP contribution >= 0.6 is 15.9 Å². The van der Waals surface area contributed by atoms with Gasteiger partial charge in [0.1, 0.15) is 17.0 Å². The largest absolute Gasteiger partial charge is 0.507 e. The Labute approximate surface area is 167 Å². The van der Waals surface area contributed by atoms with Gasteiger partial charge in [-0.3, -0.25) is 0 Å². The van der Waals surface area contributed by atoms with Crippen molar-refractivity contribution in [1.82, 2.24) is 25.5 Å². The Morgan fingerprint density at radius 2 is 2.14 bits per heavy atom. The number of ether oxygens (including phenoxy) is 1. The average Bonchev–Trinajstić information content (AvgIpc) is 3.38. The van der Waals surface area contributed by atoms with Gasteiger partial charge in [0.2, 0.25) is 0 Å². The minimum Gasteiger partial charge on any atom is -0.507 e. The summed E-state index contributed by atoms with van der Waals surface area (Å²) in [4.78, 5) is 0. The standard InChI is InChI=1S/C19H15BrN6O2/c1-28-17-4-2-3-10-7-13(19-23-24-25-26(19)18(10)17)15-9-14(21-22-15)12-8-11(20)5-6-16(12)27/h2-8,15,22,27H,9H2,1H3. The van der Waals surface area contributed by atoms with Gasteiger partial charge in [0.15, 0.2) is 5.65 Å². The van der Waals surface area contributed by atoms with Crippen molar-refractivity contribution in [1.29, 1.82) is 0 Å². The second-order valence-electron chi connectivity index (χ2n) is 6.52. The molecule has 1 aliphatic heterocycles. The number of halogens is 1. The Morgan fingerprint density at radius 1 is 1.25 bits per heavy atom. The summed E-state index contributed by atoms with van der Waals surface area (Å²) in [5.74, 6) is 0.902. The molecule has 5 rings (SSSR count). The number of aromatic hydroxyl groups is 1. The first kappa shape index (κ1) is 16.9. The van der Waals surface area contributed by atoms with Crippen LogP contribution in [0.15, 0.2) is 52.0 Å². The molecule has 140 valence electrons. The molecule has 0 saturated heterocycles. The highest BCUT2D eigenvalue weighted by Crippen LogP contribution is 2.34. The van der Waals surface area contributed by atoms with Gasteiger partial charge >= 0.3 is 0 Å². The van der Waals surface area contributed by atoms with Gasteiger partial charge < -0.3 is 15.3 Å². The molecule has 1 unspecified atom stereocenters. The predicted molar refractivity (Wildman–Crippen MR) is 108 cm³/mol. The fourth-order valence-corrected chi connectivity index (χ4v) is 3.94. The number of aromatic nitrogens is 4. The van der Waals surface area contributed by atoms with E-state index >= 15 is 0 Å². The monoisotopic (exact) mass is 438 g/mol. The first-order valence-electron chi connectivity index (χ1n) is 8.64. The molecule has 0 aliphatic carbocycles. The molecule has 2 aromatic carbocycles. The highest BCUT2D eigenvalue weighted by atomic mass is 79.9. The summed E-state index contributed by atoms with van der Waals surface area (Å²) < 4.78 is 8.06. The molecule has 28 heavy (non-hydrogen) atoms. The highest BCUT2D eigenvalue weighted by molar-refractivity contribution is 9.10. The van der Waals surface area contributed by atoms with E-state index in [1.807, 2.05) is 24.3 Å². The Bertz CT molecular complexity index is 1250. The van der Waals surface area contributed by atoms with Gasteiger partial charge in [0.05, 0.1) is 18.9 Å². The summed E-state index contributed by atoms with van der Waals surface area (Å²) in [6.45, 7) is 0. The molecular formula is C19H15BrN6O2. The molecule has 0 amide bonds. The van der Waals surface area contributed by atoms with Crippen LogP contribution in [0, 0.1) is 0 Å². The van der Waals surface area contributed by atoms with Gasteiger partial charge in [-0.15, -0.1) is 5.10 Å². The lowest BCUT2D eigenvalue weighted by molar-refractivity contribution is 0.418. The van der Waals surface area contributed by atoms with Gasteiger partial charge in [-0.2, -0.15) is 9.62 Å². The van der Waals surface area contributed by atoms with Gasteiger partial charge in [-0.1, -0.05) is 28.1 Å². The van der Waals surface area contributed by atoms with Crippen LogP contribution in [0.3, 0.4) is 0 Å². The Kier molecular flexibility index (Phi) is 3.90. The van der Waals surface area contributed by atoms with E-state index in [2.05, 4.69) is 48.0 Å². The van der Waals surface area contributed by atoms with Crippen LogP contribution < -0.4 is 10.2 Å². The van der Waals surface area contributed by atoms with Crippen molar-refractivity contribution in [2.45, 2.75) is 12.5 Å². The number of hydrogen-bond acceptors (Lipinski definition) is 7. The molecule has 8 nitrogen and oxygen atoms in total. The van der Waals surface area contributed by atoms with E-state index in [9.17, 15) is 5.11 Å². The maximum atomic E-state index is 10.2. The fourth-order valence-electron chi connectivity index (χ4n) is 3.58. The van der Waals surface area contributed by atoms with Gasteiger partial charge in [-0.25, -0.2) is 0 Å². The molecule has 1 aliphatic rings. The normalized spacial score (nSPS) is 16.4. The number of para-hydroxylation sites is 1. The third-order valence-corrected chi connectivity index (χ3v) is 5.39. The number of hydrogen-bond donors (Lipinski definition) is 2. The summed E-state index contributed by atoms with van der Waals surface area (Å²) in [7, 11) is 1.63. The quantitative estimate of drug-likeness (QED) is 0.509. The highest BCUT2D eigenvalue weighted by Gasteiger charge is 2.27. The zero-order valence-corrected chi connectivity index (χ0v) is 16.4. The van der Waals surface area contributed by atoms with Crippen LogP contribution in [0.2, 0.25) is 0 Å². The van der Waals surface area contributed by atoms with Crippen LogP contribution in [-0.2, 0) is 0 Å². The van der Waals surface area contributed by atoms with Crippen molar-refractivity contribution >= 4 is 38.2 Å². The number of phenols is 1. The van der Waals surface area contributed by atoms with E-state index in [0.717, 1.165) is 26.7 Å². The van der Waals surface area contributed by atoms with Crippen LogP contribution in [0.25, 0.3) is 16.6 Å². The minimum atomic E-state index is -0.113. The van der Waals surface area contributed by atoms with Crippen LogP contribution in [-0.4, -0.2) is 38.0 Å². The van der Waals surface area contributed by atoms with Crippen molar-refractivity contribution in [2.24, 2.45) is 5.10 Å². The number of hydrazone groups is 1. The summed E-state index contributed by atoms with van der Waals surface area (Å²) in [5, 5.41) is 27.9. The Balaban J connectivity index is 1.59. The molecule has 9 heteroatoms. The van der Waals surface area contributed by atoms with Gasteiger partial charge in [0, 0.05) is 27.4 Å². The van der Waals surface area contributed by atoms with E-state index in [1.165, 1.54) is 0 Å². The van der Waals surface area contributed by atoms with Crippen LogP contribution in [0.5, 0.6) is 11.5 Å². The van der Waals surface area contributed by atoms with E-state index in [4.69, 9.17) is 4.74 Å². The van der Waals surface area contributed by atoms with Crippen molar-refractivity contribution in [2.75, 3.05) is 7.11 Å². The van der Waals surface area contributed by atoms with E-state index in [1.54, 1.807) is 23.8 Å². The number of fused-ring (bicyclic) bond motifs is 3. The molecule has 0 spiro atoms. The molecule has 1 atom stereocenters. The molecule has 2 aromatic heterocycles. The van der Waals surface area contributed by atoms with Crippen LogP contribution in [0.1, 0.15) is 23.6 Å². The third kappa shape index (κ3) is 2.58. The summed E-state index contributed by atoms with van der Waals surface area (Å²) in [6, 6.07) is 13.1. The molecular weight excluding hydrogens is 424 g/mol. The number of nitrogens with one attached hydrogen (secondary N) is 1. The molecule has 0 fully saturated rings. The number of methoxy groups -OCH3 is 1. The topological polar surface area (TPSA) is 96.9 Å². The molecule has 2 N–H and O–H groups in total. The zero-order valence-electron chi connectivity index (χ0n) is 14.8. The van der Waals surface area contributed by atoms with Crippen molar-refractivity contribution in [3.05, 3.63) is 58.1 Å². The first-order valence-corrected chi connectivity index (χ1v) is 9.43. The van der Waals surface area contributed by atoms with E-state index < -0.39 is 0 Å². The number of phenolic OH excluding ortho intramolecular Hbond substituents is 1. The number of nitrogens with zero attached hydrogens (tertiary/aromatic N) is 5. The lowest BCUT2D eigenvalue weighted by Crippen LogP contribution is -2.12. The summed E-state index contributed by atoms with van der Waals surface area (Å²) in [6.07, 6.45) is 0.599. The minimum absolute atomic E-state index is 0.113. The lowest BCUT2D eigenvalue weighted by atomic mass is 9.98. The van der Waals surface area contributed by atoms with Crippen molar-refractivity contribution in [3.8, 4) is 11.5 Å². The average molecular weight is 439 g/mol. The van der Waals surface area contributed by atoms with Crippen LogP contribution in [0.4, 0.5) is 0 Å². The smallest absolute Gasteiger partial charge is 0.185 e. The lowest BCUT2D eigenvalue weighted by Gasteiger charge is -2.14. The molecule has 0 saturated carbocycles. The number of pyridine rings is 1. The summed E-state index contributed by atoms with van der Waals surface area (Å²) >= 11 is 3.44. The van der Waals surface area contributed by atoms with Gasteiger partial charge in [-0.05, 0) is 40.8 Å². The third-order valence-electron chi connectivity index (χ3n) is 4.90. The molecule has 4 aromatic rings. The molecule has 0 bridgehead atoms. The summed E-state index contributed by atoms with van der Waals surface area (Å²) in [5.41, 5.74) is 7.03. The number of rotatable bonds is 3. The van der Waals surface area contributed by atoms with Gasteiger partial charge in [0.25, 0.3) is 0 Å². The predicted octanol–water partition coefficient (Wildman–Crippen LogP) is 3.19. The number of tetrazole rings is 1. The second kappa shape index (κ2) is 6.45. The fraction of sp³-hybridized carbons (Fsp3) is 0.158. The van der Waals surface area contributed by atoms with E-state index in [-0.39, 0.29) is 11.8 Å². The van der Waals surface area contributed by atoms with Crippen molar-refractivity contribution in [3.63, 3.8) is 0 Å². The van der Waals surface area contributed by atoms with E-state index in [0.29, 0.717) is 23.4 Å². The maximum Gasteiger partial charge on any atom is 0.185 e. The SMILES string of the molecule is COc1cccc2cc(C3CC(c4cc(Br)ccc4O)=NN3)c3nnnn3c12. The Morgan fingerprint density at radius 3 is 3.00 bits per heavy atom. The molecule has 0 radical (unpaired) electrons. The second-order valence-corrected chi connectivity index (χ2v) is 7.43. The van der Waals surface area contributed by atoms with Crippen molar-refractivity contribution < 1.29 is 9.84 Å². The Hall–Kier alpha value is -3.20.